The summed E-state index contributed by atoms with van der Waals surface area (Å²) in [4.78, 5) is 14.5. The Morgan fingerprint density at radius 1 is 1.08 bits per heavy atom. The molecule has 1 aromatic heterocycles. The predicted molar refractivity (Wildman–Crippen MR) is 101 cm³/mol. The Balaban J connectivity index is 1.73. The third kappa shape index (κ3) is 3.43. The molecule has 0 atom stereocenters. The van der Waals surface area contributed by atoms with Crippen LogP contribution in [0.1, 0.15) is 21.7 Å². The zero-order valence-corrected chi connectivity index (χ0v) is 17.3. The normalized spacial score (nSPS) is 16.1. The highest BCUT2D eigenvalue weighted by Crippen LogP contribution is 2.24. The fraction of sp³-hybridized carbons (Fsp3) is 0.412. The van der Waals surface area contributed by atoms with E-state index in [2.05, 4.69) is 21.0 Å². The van der Waals surface area contributed by atoms with Gasteiger partial charge in [0.1, 0.15) is 4.90 Å². The molecule has 1 aromatic carbocycles. The molecule has 1 aliphatic heterocycles. The van der Waals surface area contributed by atoms with Crippen molar-refractivity contribution in [1.29, 1.82) is 0 Å². The summed E-state index contributed by atoms with van der Waals surface area (Å²) >= 11 is 3.35. The molecule has 2 heterocycles. The Hall–Kier alpha value is -1.71. The number of piperazine rings is 1. The highest BCUT2D eigenvalue weighted by atomic mass is 79.9. The molecular weight excluding hydrogens is 420 g/mol. The summed E-state index contributed by atoms with van der Waals surface area (Å²) in [7, 11) is -1.88. The van der Waals surface area contributed by atoms with Crippen LogP contribution in [-0.4, -0.2) is 59.5 Å². The quantitative estimate of drug-likeness (QED) is 0.730. The summed E-state index contributed by atoms with van der Waals surface area (Å²) in [6, 6.07) is 7.17. The minimum Gasteiger partial charge on any atom is -0.336 e. The first-order valence-corrected chi connectivity index (χ1v) is 10.5. The zero-order chi connectivity index (χ0) is 19.1. The van der Waals surface area contributed by atoms with Crippen molar-refractivity contribution < 1.29 is 13.2 Å². The lowest BCUT2D eigenvalue weighted by Gasteiger charge is -2.34. The maximum absolute atomic E-state index is 13.0. The lowest BCUT2D eigenvalue weighted by molar-refractivity contribution is 0.0698. The first-order chi connectivity index (χ1) is 12.2. The summed E-state index contributed by atoms with van der Waals surface area (Å²) < 4.78 is 29.9. The molecule has 2 aromatic rings. The van der Waals surface area contributed by atoms with E-state index in [-0.39, 0.29) is 23.9 Å². The smallest absolute Gasteiger partial charge is 0.253 e. The van der Waals surface area contributed by atoms with E-state index < -0.39 is 10.0 Å². The molecule has 1 amide bonds. The number of halogens is 1. The van der Waals surface area contributed by atoms with Crippen LogP contribution in [0.4, 0.5) is 0 Å². The number of hydrogen-bond acceptors (Lipinski definition) is 4. The van der Waals surface area contributed by atoms with Gasteiger partial charge in [-0.3, -0.25) is 9.48 Å². The van der Waals surface area contributed by atoms with Gasteiger partial charge in [-0.2, -0.15) is 9.40 Å². The second-order valence-corrected chi connectivity index (χ2v) is 9.12. The predicted octanol–water partition coefficient (Wildman–Crippen LogP) is 1.95. The van der Waals surface area contributed by atoms with Crippen molar-refractivity contribution in [1.82, 2.24) is 19.0 Å². The molecule has 0 radical (unpaired) electrons. The summed E-state index contributed by atoms with van der Waals surface area (Å²) in [6.45, 7) is 4.74. The van der Waals surface area contributed by atoms with Crippen LogP contribution in [0, 0.1) is 13.8 Å². The van der Waals surface area contributed by atoms with Crippen molar-refractivity contribution in [3.63, 3.8) is 0 Å². The van der Waals surface area contributed by atoms with Crippen LogP contribution in [0.3, 0.4) is 0 Å². The molecule has 7 nitrogen and oxygen atoms in total. The largest absolute Gasteiger partial charge is 0.336 e. The number of nitrogens with zero attached hydrogens (tertiary/aromatic N) is 4. The molecule has 1 aliphatic rings. The molecule has 0 unspecified atom stereocenters. The molecule has 0 aliphatic carbocycles. The van der Waals surface area contributed by atoms with Crippen LogP contribution in [0.5, 0.6) is 0 Å². The molecule has 3 rings (SSSR count). The van der Waals surface area contributed by atoms with Crippen LogP contribution in [0.25, 0.3) is 0 Å². The number of aryl methyl sites for hydroxylation is 2. The zero-order valence-electron chi connectivity index (χ0n) is 14.9. The molecule has 26 heavy (non-hydrogen) atoms. The summed E-state index contributed by atoms with van der Waals surface area (Å²) in [5.74, 6) is -0.0803. The SMILES string of the molecule is Cc1nn(C)c(C)c1S(=O)(=O)N1CCN(C(=O)c2ccc(Br)cc2)CC1. The minimum absolute atomic E-state index is 0.0803. The van der Waals surface area contributed by atoms with Gasteiger partial charge in [0.15, 0.2) is 0 Å². The number of benzene rings is 1. The van der Waals surface area contributed by atoms with E-state index in [1.165, 1.54) is 4.31 Å². The van der Waals surface area contributed by atoms with Crippen LogP contribution in [-0.2, 0) is 17.1 Å². The Morgan fingerprint density at radius 2 is 1.65 bits per heavy atom. The van der Waals surface area contributed by atoms with Gasteiger partial charge < -0.3 is 4.90 Å². The second-order valence-electron chi connectivity index (χ2n) is 6.33. The van der Waals surface area contributed by atoms with Crippen molar-refractivity contribution >= 4 is 31.9 Å². The van der Waals surface area contributed by atoms with E-state index in [4.69, 9.17) is 0 Å². The lowest BCUT2D eigenvalue weighted by atomic mass is 10.2. The van der Waals surface area contributed by atoms with Gasteiger partial charge in [-0.25, -0.2) is 8.42 Å². The first kappa shape index (κ1) is 19.1. The molecule has 0 spiro atoms. The molecular formula is C17H21BrN4O3S. The molecule has 0 saturated carbocycles. The third-order valence-electron chi connectivity index (χ3n) is 4.66. The number of rotatable bonds is 3. The van der Waals surface area contributed by atoms with Crippen molar-refractivity contribution in [3.05, 3.63) is 45.7 Å². The van der Waals surface area contributed by atoms with Crippen molar-refractivity contribution in [3.8, 4) is 0 Å². The van der Waals surface area contributed by atoms with E-state index in [0.717, 1.165) is 4.47 Å². The monoisotopic (exact) mass is 440 g/mol. The molecule has 0 N–H and O–H groups in total. The van der Waals surface area contributed by atoms with Crippen LogP contribution in [0.2, 0.25) is 0 Å². The number of carbonyl (C=O) groups is 1. The Morgan fingerprint density at radius 3 is 2.15 bits per heavy atom. The van der Waals surface area contributed by atoms with Crippen LogP contribution in [0.15, 0.2) is 33.6 Å². The van der Waals surface area contributed by atoms with Gasteiger partial charge in [-0.15, -0.1) is 0 Å². The number of hydrogen-bond donors (Lipinski definition) is 0. The van der Waals surface area contributed by atoms with Gasteiger partial charge in [0.25, 0.3) is 5.91 Å². The number of carbonyl (C=O) groups excluding carboxylic acids is 1. The van der Waals surface area contributed by atoms with Crippen molar-refractivity contribution in [2.45, 2.75) is 18.7 Å². The van der Waals surface area contributed by atoms with Gasteiger partial charge in [0, 0.05) is 43.3 Å². The Kier molecular flexibility index (Phi) is 5.23. The first-order valence-electron chi connectivity index (χ1n) is 8.27. The standard InChI is InChI=1S/C17H21BrN4O3S/c1-12-16(13(2)20(3)19-12)26(24,25)22-10-8-21(9-11-22)17(23)14-4-6-15(18)7-5-14/h4-7H,8-11H2,1-3H3. The highest BCUT2D eigenvalue weighted by Gasteiger charge is 2.34. The lowest BCUT2D eigenvalue weighted by Crippen LogP contribution is -2.50. The molecule has 9 heteroatoms. The van der Waals surface area contributed by atoms with E-state index in [9.17, 15) is 13.2 Å². The summed E-state index contributed by atoms with van der Waals surface area (Å²) in [5, 5.41) is 4.20. The average Bonchev–Trinajstić information content (AvgIpc) is 2.87. The van der Waals surface area contributed by atoms with E-state index in [0.29, 0.717) is 30.0 Å². The maximum atomic E-state index is 13.0. The average molecular weight is 441 g/mol. The molecule has 1 saturated heterocycles. The second kappa shape index (κ2) is 7.13. The van der Waals surface area contributed by atoms with Gasteiger partial charge in [0.2, 0.25) is 10.0 Å². The highest BCUT2D eigenvalue weighted by molar-refractivity contribution is 9.10. The number of sulfonamides is 1. The maximum Gasteiger partial charge on any atom is 0.253 e. The van der Waals surface area contributed by atoms with Crippen LogP contribution >= 0.6 is 15.9 Å². The topological polar surface area (TPSA) is 75.5 Å². The van der Waals surface area contributed by atoms with Gasteiger partial charge in [0.05, 0.1) is 11.4 Å². The molecule has 140 valence electrons. The van der Waals surface area contributed by atoms with Gasteiger partial charge in [-0.05, 0) is 38.1 Å². The minimum atomic E-state index is -3.62. The van der Waals surface area contributed by atoms with E-state index in [1.54, 1.807) is 42.6 Å². The molecule has 0 bridgehead atoms. The molecule has 1 fully saturated rings. The fourth-order valence-corrected chi connectivity index (χ4v) is 5.25. The van der Waals surface area contributed by atoms with Crippen molar-refractivity contribution in [2.24, 2.45) is 7.05 Å². The van der Waals surface area contributed by atoms with E-state index >= 15 is 0 Å². The third-order valence-corrected chi connectivity index (χ3v) is 7.34. The summed E-state index contributed by atoms with van der Waals surface area (Å²) in [5.41, 5.74) is 1.72. The number of amides is 1. The Bertz CT molecular complexity index is 930. The van der Waals surface area contributed by atoms with Crippen LogP contribution < -0.4 is 0 Å². The Labute approximate surface area is 161 Å². The van der Waals surface area contributed by atoms with Gasteiger partial charge in [-0.1, -0.05) is 15.9 Å². The van der Waals surface area contributed by atoms with Crippen molar-refractivity contribution in [2.75, 3.05) is 26.2 Å². The van der Waals surface area contributed by atoms with E-state index in [1.807, 2.05) is 12.1 Å². The fourth-order valence-electron chi connectivity index (χ4n) is 3.16. The summed E-state index contributed by atoms with van der Waals surface area (Å²) in [6.07, 6.45) is 0. The van der Waals surface area contributed by atoms with Gasteiger partial charge >= 0.3 is 0 Å². The number of aromatic nitrogens is 2.